The zero-order chi connectivity index (χ0) is 13.5. The predicted octanol–water partition coefficient (Wildman–Crippen LogP) is 3.74. The van der Waals surface area contributed by atoms with Crippen molar-refractivity contribution in [2.24, 2.45) is 0 Å². The molecule has 1 rings (SSSR count). The van der Waals surface area contributed by atoms with E-state index in [1.165, 1.54) is 18.0 Å². The van der Waals surface area contributed by atoms with Gasteiger partial charge in [-0.05, 0) is 24.5 Å². The van der Waals surface area contributed by atoms with Crippen LogP contribution in [0, 0.1) is 11.3 Å². The Bertz CT molecular complexity index is 523. The summed E-state index contributed by atoms with van der Waals surface area (Å²) in [6.45, 7) is 0. The Morgan fingerprint density at radius 1 is 1.56 bits per heavy atom. The Morgan fingerprint density at radius 3 is 2.83 bits per heavy atom. The summed E-state index contributed by atoms with van der Waals surface area (Å²) >= 11 is 13.1. The van der Waals surface area contributed by atoms with Crippen LogP contribution >= 0.6 is 35.0 Å². The SMILES string of the molecule is CSCC(=O)/C(C#N)=C\Nc1ccc(Cl)cc1Cl. The fourth-order valence-corrected chi connectivity index (χ4v) is 2.02. The Labute approximate surface area is 120 Å². The quantitative estimate of drug-likeness (QED) is 0.665. The van der Waals surface area contributed by atoms with E-state index in [2.05, 4.69) is 5.32 Å². The third-order valence-corrected chi connectivity index (χ3v) is 3.10. The van der Waals surface area contributed by atoms with Crippen molar-refractivity contribution < 1.29 is 4.79 Å². The van der Waals surface area contributed by atoms with Crippen molar-refractivity contribution >= 4 is 46.4 Å². The summed E-state index contributed by atoms with van der Waals surface area (Å²) in [5.41, 5.74) is 0.654. The molecule has 0 bridgehead atoms. The molecule has 0 saturated heterocycles. The molecule has 0 fully saturated rings. The molecule has 94 valence electrons. The highest BCUT2D eigenvalue weighted by Crippen LogP contribution is 2.25. The number of benzene rings is 1. The standard InChI is InChI=1S/C12H10Cl2N2OS/c1-18-7-12(17)8(5-15)6-16-11-3-2-9(13)4-10(11)14/h2-4,6,16H,7H2,1H3/b8-6-. The maximum Gasteiger partial charge on any atom is 0.184 e. The van der Waals surface area contributed by atoms with Crippen molar-refractivity contribution in [2.45, 2.75) is 0 Å². The first-order valence-corrected chi connectivity index (χ1v) is 7.07. The number of nitrogens with one attached hydrogen (secondary N) is 1. The van der Waals surface area contributed by atoms with Gasteiger partial charge in [0, 0.05) is 11.2 Å². The Kier molecular flexibility index (Phi) is 6.06. The minimum Gasteiger partial charge on any atom is -0.359 e. The summed E-state index contributed by atoms with van der Waals surface area (Å²) in [5.74, 6) is 0.0534. The number of thioether (sulfide) groups is 1. The van der Waals surface area contributed by atoms with E-state index in [1.807, 2.05) is 6.07 Å². The number of allylic oxidation sites excluding steroid dienone is 1. The van der Waals surface area contributed by atoms with Crippen LogP contribution in [0.15, 0.2) is 30.0 Å². The summed E-state index contributed by atoms with van der Waals surface area (Å²) in [7, 11) is 0. The number of nitriles is 1. The van der Waals surface area contributed by atoms with Gasteiger partial charge in [-0.1, -0.05) is 23.2 Å². The molecule has 0 saturated carbocycles. The van der Waals surface area contributed by atoms with E-state index in [9.17, 15) is 4.79 Å². The summed E-state index contributed by atoms with van der Waals surface area (Å²) in [6.07, 6.45) is 3.16. The average molecular weight is 301 g/mol. The van der Waals surface area contributed by atoms with Crippen LogP contribution in [0.25, 0.3) is 0 Å². The maximum atomic E-state index is 11.5. The summed E-state index contributed by atoms with van der Waals surface area (Å²) in [4.78, 5) is 11.5. The van der Waals surface area contributed by atoms with Gasteiger partial charge in [0.1, 0.15) is 11.6 Å². The third kappa shape index (κ3) is 4.26. The van der Waals surface area contributed by atoms with Crippen LogP contribution in [0.3, 0.4) is 0 Å². The largest absolute Gasteiger partial charge is 0.359 e. The molecule has 18 heavy (non-hydrogen) atoms. The molecule has 1 N–H and O–H groups in total. The zero-order valence-electron chi connectivity index (χ0n) is 9.54. The van der Waals surface area contributed by atoms with Gasteiger partial charge in [-0.15, -0.1) is 0 Å². The van der Waals surface area contributed by atoms with Gasteiger partial charge in [0.15, 0.2) is 5.78 Å². The summed E-state index contributed by atoms with van der Waals surface area (Å²) in [5, 5.41) is 12.6. The van der Waals surface area contributed by atoms with E-state index in [-0.39, 0.29) is 17.1 Å². The predicted molar refractivity (Wildman–Crippen MR) is 77.2 cm³/mol. The third-order valence-electron chi connectivity index (χ3n) is 2.00. The lowest BCUT2D eigenvalue weighted by Gasteiger charge is -2.04. The highest BCUT2D eigenvalue weighted by atomic mass is 35.5. The van der Waals surface area contributed by atoms with Crippen LogP contribution in [-0.2, 0) is 4.79 Å². The Balaban J connectivity index is 2.84. The molecular formula is C12H10Cl2N2OS. The van der Waals surface area contributed by atoms with Gasteiger partial charge in [-0.3, -0.25) is 4.79 Å². The van der Waals surface area contributed by atoms with Gasteiger partial charge in [0.05, 0.1) is 16.5 Å². The Hall–Kier alpha value is -1.15. The number of rotatable bonds is 5. The van der Waals surface area contributed by atoms with Crippen molar-refractivity contribution in [3.8, 4) is 6.07 Å². The van der Waals surface area contributed by atoms with E-state index in [1.54, 1.807) is 24.5 Å². The maximum absolute atomic E-state index is 11.5. The zero-order valence-corrected chi connectivity index (χ0v) is 11.9. The molecular weight excluding hydrogens is 291 g/mol. The molecule has 0 unspecified atom stereocenters. The minimum atomic E-state index is -0.220. The van der Waals surface area contributed by atoms with Crippen LogP contribution in [0.4, 0.5) is 5.69 Å². The van der Waals surface area contributed by atoms with Crippen molar-refractivity contribution in [3.63, 3.8) is 0 Å². The van der Waals surface area contributed by atoms with Gasteiger partial charge in [-0.2, -0.15) is 17.0 Å². The molecule has 1 aromatic rings. The molecule has 3 nitrogen and oxygen atoms in total. The van der Waals surface area contributed by atoms with Gasteiger partial charge >= 0.3 is 0 Å². The van der Waals surface area contributed by atoms with Crippen molar-refractivity contribution in [1.82, 2.24) is 0 Å². The van der Waals surface area contributed by atoms with E-state index < -0.39 is 0 Å². The van der Waals surface area contributed by atoms with Gasteiger partial charge in [0.2, 0.25) is 0 Å². The first-order valence-electron chi connectivity index (χ1n) is 4.92. The normalized spacial score (nSPS) is 10.9. The molecule has 0 radical (unpaired) electrons. The minimum absolute atomic E-state index is 0.0652. The van der Waals surface area contributed by atoms with E-state index in [0.717, 1.165) is 0 Å². The fourth-order valence-electron chi connectivity index (χ4n) is 1.14. The number of carbonyl (C=O) groups is 1. The number of hydrogen-bond donors (Lipinski definition) is 1. The molecule has 0 spiro atoms. The Morgan fingerprint density at radius 2 is 2.28 bits per heavy atom. The van der Waals surface area contributed by atoms with Crippen LogP contribution in [0.2, 0.25) is 10.0 Å². The van der Waals surface area contributed by atoms with Crippen LogP contribution in [0.5, 0.6) is 0 Å². The second kappa shape index (κ2) is 7.32. The van der Waals surface area contributed by atoms with Gasteiger partial charge < -0.3 is 5.32 Å². The summed E-state index contributed by atoms with van der Waals surface area (Å²) < 4.78 is 0. The van der Waals surface area contributed by atoms with Gasteiger partial charge in [-0.25, -0.2) is 0 Å². The first-order chi connectivity index (χ1) is 8.58. The number of hydrogen-bond acceptors (Lipinski definition) is 4. The van der Waals surface area contributed by atoms with Crippen molar-refractivity contribution in [1.29, 1.82) is 5.26 Å². The number of Topliss-reactive ketones (excluding diaryl/α,β-unsaturated/α-hetero) is 1. The lowest BCUT2D eigenvalue weighted by molar-refractivity contribution is -0.112. The second-order valence-corrected chi connectivity index (χ2v) is 5.00. The molecule has 6 heteroatoms. The highest BCUT2D eigenvalue weighted by Gasteiger charge is 2.08. The lowest BCUT2D eigenvalue weighted by atomic mass is 10.2. The fraction of sp³-hybridized carbons (Fsp3) is 0.167. The topological polar surface area (TPSA) is 52.9 Å². The monoisotopic (exact) mass is 300 g/mol. The van der Waals surface area contributed by atoms with E-state index >= 15 is 0 Å². The molecule has 0 atom stereocenters. The van der Waals surface area contributed by atoms with Crippen LogP contribution < -0.4 is 5.32 Å². The highest BCUT2D eigenvalue weighted by molar-refractivity contribution is 7.99. The number of halogens is 2. The molecule has 0 heterocycles. The van der Waals surface area contributed by atoms with Crippen LogP contribution in [-0.4, -0.2) is 17.8 Å². The number of carbonyl (C=O) groups excluding carboxylic acids is 1. The summed E-state index contributed by atoms with van der Waals surface area (Å²) in [6, 6.07) is 6.77. The van der Waals surface area contributed by atoms with E-state index in [0.29, 0.717) is 15.7 Å². The molecule has 0 aliphatic carbocycles. The molecule has 0 aliphatic rings. The average Bonchev–Trinajstić information content (AvgIpc) is 2.32. The van der Waals surface area contributed by atoms with Crippen molar-refractivity contribution in [2.75, 3.05) is 17.3 Å². The van der Waals surface area contributed by atoms with Crippen molar-refractivity contribution in [3.05, 3.63) is 40.0 Å². The molecule has 0 aliphatic heterocycles. The molecule has 0 amide bonds. The number of nitrogens with zero attached hydrogens (tertiary/aromatic N) is 1. The number of anilines is 1. The number of ketones is 1. The molecule has 0 aromatic heterocycles. The molecule has 1 aromatic carbocycles. The first kappa shape index (κ1) is 14.9. The van der Waals surface area contributed by atoms with Gasteiger partial charge in [0.25, 0.3) is 0 Å². The second-order valence-electron chi connectivity index (χ2n) is 3.29. The van der Waals surface area contributed by atoms with Crippen LogP contribution in [0.1, 0.15) is 0 Å². The van der Waals surface area contributed by atoms with E-state index in [4.69, 9.17) is 28.5 Å². The lowest BCUT2D eigenvalue weighted by Crippen LogP contribution is -2.06. The smallest absolute Gasteiger partial charge is 0.184 e.